The first-order valence-corrected chi connectivity index (χ1v) is 7.87. The Kier molecular flexibility index (Phi) is 5.24. The molecule has 1 aliphatic heterocycles. The second-order valence-electron chi connectivity index (χ2n) is 6.89. The summed E-state index contributed by atoms with van der Waals surface area (Å²) in [4.78, 5) is 24.1. The highest BCUT2D eigenvalue weighted by Gasteiger charge is 2.64. The number of halogens is 3. The molecule has 0 fully saturated rings. The number of carbonyl (C=O) groups is 2. The van der Waals surface area contributed by atoms with E-state index in [0.29, 0.717) is 5.75 Å². The summed E-state index contributed by atoms with van der Waals surface area (Å²) in [5.74, 6) is -2.80. The molecule has 1 aromatic carbocycles. The van der Waals surface area contributed by atoms with Crippen molar-refractivity contribution >= 4 is 17.6 Å². The molecule has 1 aliphatic rings. The van der Waals surface area contributed by atoms with Crippen LogP contribution in [0.4, 0.5) is 13.2 Å². The van der Waals surface area contributed by atoms with E-state index >= 15 is 0 Å². The topological polar surface area (TPSA) is 88.4 Å². The van der Waals surface area contributed by atoms with Gasteiger partial charge in [-0.15, -0.1) is 0 Å². The largest absolute Gasteiger partial charge is 0.497 e. The van der Waals surface area contributed by atoms with E-state index < -0.39 is 35.8 Å². The van der Waals surface area contributed by atoms with E-state index in [-0.39, 0.29) is 16.3 Å². The van der Waals surface area contributed by atoms with E-state index in [1.54, 1.807) is 0 Å². The normalized spacial score (nSPS) is 20.3. The first-order valence-electron chi connectivity index (χ1n) is 7.87. The Morgan fingerprint density at radius 2 is 1.74 bits per heavy atom. The molecule has 27 heavy (non-hydrogen) atoms. The van der Waals surface area contributed by atoms with Crippen molar-refractivity contribution in [3.63, 3.8) is 0 Å². The van der Waals surface area contributed by atoms with Gasteiger partial charge in [-0.1, -0.05) is 0 Å². The van der Waals surface area contributed by atoms with Gasteiger partial charge in [0.05, 0.1) is 19.2 Å². The maximum Gasteiger partial charge on any atom is 0.438 e. The minimum absolute atomic E-state index is 0.214. The van der Waals surface area contributed by atoms with E-state index in [1.165, 1.54) is 52.1 Å². The summed E-state index contributed by atoms with van der Waals surface area (Å²) in [6.07, 6.45) is -6.28. The van der Waals surface area contributed by atoms with Crippen LogP contribution in [0.5, 0.6) is 5.75 Å². The summed E-state index contributed by atoms with van der Waals surface area (Å²) >= 11 is 0. The second-order valence-corrected chi connectivity index (χ2v) is 6.89. The minimum Gasteiger partial charge on any atom is -0.497 e. The molecule has 1 atom stereocenters. The Hall–Kier alpha value is -2.62. The Balaban J connectivity index is 2.41. The smallest absolute Gasteiger partial charge is 0.438 e. The molecule has 0 spiro atoms. The lowest BCUT2D eigenvalue weighted by Gasteiger charge is -2.32. The molecule has 0 saturated heterocycles. The van der Waals surface area contributed by atoms with Gasteiger partial charge in [0.25, 0.3) is 5.72 Å². The van der Waals surface area contributed by atoms with Crippen LogP contribution in [0.1, 0.15) is 32.8 Å². The molecule has 1 amide bonds. The third-order valence-corrected chi connectivity index (χ3v) is 3.63. The van der Waals surface area contributed by atoms with Crippen molar-refractivity contribution in [3.05, 3.63) is 29.8 Å². The number of amides is 1. The first kappa shape index (κ1) is 20.7. The molecule has 10 heteroatoms. The zero-order chi connectivity index (χ0) is 20.6. The standard InChI is InChI=1S/C17H19F3N2O5/c1-15(2,3)27-14(24)13(23)22-16(25,17(18,19)20)9-12(21-22)10-5-7-11(26-4)8-6-10/h5-8,25H,9H2,1-4H3/t16-/m0/s1. The number of hydrazone groups is 1. The van der Waals surface area contributed by atoms with Gasteiger partial charge in [0.15, 0.2) is 0 Å². The fourth-order valence-corrected chi connectivity index (χ4v) is 2.33. The van der Waals surface area contributed by atoms with Crippen LogP contribution in [0.2, 0.25) is 0 Å². The van der Waals surface area contributed by atoms with Crippen LogP contribution in [0.15, 0.2) is 29.4 Å². The Labute approximate surface area is 153 Å². The lowest BCUT2D eigenvalue weighted by molar-refractivity contribution is -0.302. The van der Waals surface area contributed by atoms with Gasteiger partial charge >= 0.3 is 18.1 Å². The van der Waals surface area contributed by atoms with Gasteiger partial charge in [-0.25, -0.2) is 4.79 Å². The number of ether oxygens (including phenoxy) is 2. The van der Waals surface area contributed by atoms with Gasteiger partial charge in [-0.05, 0) is 50.6 Å². The summed E-state index contributed by atoms with van der Waals surface area (Å²) in [7, 11) is 1.42. The van der Waals surface area contributed by atoms with Gasteiger partial charge < -0.3 is 14.6 Å². The molecule has 1 N–H and O–H groups in total. The molecule has 7 nitrogen and oxygen atoms in total. The monoisotopic (exact) mass is 388 g/mol. The van der Waals surface area contributed by atoms with Crippen LogP contribution >= 0.6 is 0 Å². The quantitative estimate of drug-likeness (QED) is 0.620. The van der Waals surface area contributed by atoms with E-state index in [1.807, 2.05) is 0 Å². The number of carbonyl (C=O) groups excluding carboxylic acids is 2. The lowest BCUT2D eigenvalue weighted by Crippen LogP contribution is -2.58. The van der Waals surface area contributed by atoms with Crippen LogP contribution in [0.25, 0.3) is 0 Å². The van der Waals surface area contributed by atoms with Crippen molar-refractivity contribution in [3.8, 4) is 5.75 Å². The molecular weight excluding hydrogens is 369 g/mol. The fourth-order valence-electron chi connectivity index (χ4n) is 2.33. The van der Waals surface area contributed by atoms with E-state index in [9.17, 15) is 27.9 Å². The molecule has 1 heterocycles. The average Bonchev–Trinajstić information content (AvgIpc) is 2.91. The number of methoxy groups -OCH3 is 1. The number of benzene rings is 1. The lowest BCUT2D eigenvalue weighted by atomic mass is 10.0. The van der Waals surface area contributed by atoms with Crippen molar-refractivity contribution < 1.29 is 37.3 Å². The molecule has 2 rings (SSSR count). The Morgan fingerprint density at radius 3 is 2.19 bits per heavy atom. The van der Waals surface area contributed by atoms with Crippen molar-refractivity contribution in [2.75, 3.05) is 7.11 Å². The van der Waals surface area contributed by atoms with E-state index in [2.05, 4.69) is 5.10 Å². The third-order valence-electron chi connectivity index (χ3n) is 3.63. The van der Waals surface area contributed by atoms with Crippen molar-refractivity contribution in [2.45, 2.75) is 44.7 Å². The number of hydrogen-bond acceptors (Lipinski definition) is 6. The van der Waals surface area contributed by atoms with Gasteiger partial charge in [0.2, 0.25) is 0 Å². The molecule has 0 radical (unpaired) electrons. The van der Waals surface area contributed by atoms with Crippen LogP contribution in [0.3, 0.4) is 0 Å². The van der Waals surface area contributed by atoms with Crippen LogP contribution < -0.4 is 4.74 Å². The molecular formula is C17H19F3N2O5. The van der Waals surface area contributed by atoms with Gasteiger partial charge in [0, 0.05) is 0 Å². The average molecular weight is 388 g/mol. The van der Waals surface area contributed by atoms with Crippen LogP contribution in [0, 0.1) is 0 Å². The highest BCUT2D eigenvalue weighted by molar-refractivity contribution is 6.33. The molecule has 0 saturated carbocycles. The number of alkyl halides is 3. The zero-order valence-electron chi connectivity index (χ0n) is 15.1. The van der Waals surface area contributed by atoms with E-state index in [0.717, 1.165) is 0 Å². The SMILES string of the molecule is COc1ccc(C2=NN(C(=O)C(=O)OC(C)(C)C)[C@@](O)(C(F)(F)F)C2)cc1. The highest BCUT2D eigenvalue weighted by Crippen LogP contribution is 2.41. The molecule has 0 unspecified atom stereocenters. The second kappa shape index (κ2) is 6.84. The predicted octanol–water partition coefficient (Wildman–Crippen LogP) is 2.22. The molecule has 0 aromatic heterocycles. The number of esters is 1. The van der Waals surface area contributed by atoms with Gasteiger partial charge in [-0.2, -0.15) is 23.3 Å². The fraction of sp³-hybridized carbons (Fsp3) is 0.471. The Morgan fingerprint density at radius 1 is 1.19 bits per heavy atom. The summed E-state index contributed by atoms with van der Waals surface area (Å²) in [6, 6.07) is 5.83. The van der Waals surface area contributed by atoms with E-state index in [4.69, 9.17) is 9.47 Å². The summed E-state index contributed by atoms with van der Waals surface area (Å²) in [5.41, 5.74) is -4.74. The molecule has 0 aliphatic carbocycles. The Bertz CT molecular complexity index is 768. The molecule has 148 valence electrons. The summed E-state index contributed by atoms with van der Waals surface area (Å²) in [5, 5.41) is 13.5. The van der Waals surface area contributed by atoms with Gasteiger partial charge in [0.1, 0.15) is 11.4 Å². The maximum absolute atomic E-state index is 13.5. The maximum atomic E-state index is 13.5. The summed E-state index contributed by atoms with van der Waals surface area (Å²) < 4.78 is 50.2. The number of nitrogens with zero attached hydrogens (tertiary/aromatic N) is 2. The number of rotatable bonds is 2. The van der Waals surface area contributed by atoms with Crippen LogP contribution in [-0.2, 0) is 14.3 Å². The zero-order valence-corrected chi connectivity index (χ0v) is 15.1. The van der Waals surface area contributed by atoms with Crippen LogP contribution in [-0.4, -0.2) is 52.3 Å². The van der Waals surface area contributed by atoms with Crippen molar-refractivity contribution in [1.82, 2.24) is 5.01 Å². The predicted molar refractivity (Wildman–Crippen MR) is 87.8 cm³/mol. The van der Waals surface area contributed by atoms with Gasteiger partial charge in [-0.3, -0.25) is 4.79 Å². The molecule has 0 bridgehead atoms. The minimum atomic E-state index is -5.25. The molecule has 1 aromatic rings. The third kappa shape index (κ3) is 4.21. The summed E-state index contributed by atoms with van der Waals surface area (Å²) in [6.45, 7) is 4.35. The highest BCUT2D eigenvalue weighted by atomic mass is 19.4. The van der Waals surface area contributed by atoms with Crippen molar-refractivity contribution in [1.29, 1.82) is 0 Å². The number of hydrogen-bond donors (Lipinski definition) is 1. The van der Waals surface area contributed by atoms with Crippen molar-refractivity contribution in [2.24, 2.45) is 5.10 Å². The first-order chi connectivity index (χ1) is 12.3. The number of aliphatic hydroxyl groups is 1.